The number of halogens is 1. The lowest BCUT2D eigenvalue weighted by atomic mass is 10.2. The number of benzene rings is 1. The number of thiophene rings is 1. The number of esters is 1. The smallest absolute Gasteiger partial charge is 0.325 e. The molecular formula is C16H14ClN3O5S. The minimum Gasteiger partial charge on any atom is -0.454 e. The second-order valence-corrected chi connectivity index (χ2v) is 6.79. The number of rotatable bonds is 5. The summed E-state index contributed by atoms with van der Waals surface area (Å²) < 4.78 is 5.65. The lowest BCUT2D eigenvalue weighted by Gasteiger charge is -2.12. The predicted molar refractivity (Wildman–Crippen MR) is 95.2 cm³/mol. The van der Waals surface area contributed by atoms with Crippen LogP contribution in [0.25, 0.3) is 10.1 Å². The first-order valence-corrected chi connectivity index (χ1v) is 8.86. The third-order valence-electron chi connectivity index (χ3n) is 3.65. The molecule has 26 heavy (non-hydrogen) atoms. The Morgan fingerprint density at radius 2 is 2.08 bits per heavy atom. The van der Waals surface area contributed by atoms with Gasteiger partial charge in [-0.25, -0.2) is 4.79 Å². The number of hydrogen-bond acceptors (Lipinski definition) is 6. The minimum absolute atomic E-state index is 0.233. The lowest BCUT2D eigenvalue weighted by Crippen LogP contribution is -2.38. The number of urea groups is 1. The fourth-order valence-corrected chi connectivity index (χ4v) is 3.81. The molecule has 1 saturated heterocycles. The van der Waals surface area contributed by atoms with Gasteiger partial charge in [-0.15, -0.1) is 11.3 Å². The predicted octanol–water partition coefficient (Wildman–Crippen LogP) is 1.38. The highest BCUT2D eigenvalue weighted by Gasteiger charge is 2.26. The van der Waals surface area contributed by atoms with E-state index in [0.29, 0.717) is 16.4 Å². The van der Waals surface area contributed by atoms with E-state index in [9.17, 15) is 19.2 Å². The highest BCUT2D eigenvalue weighted by atomic mass is 35.5. The molecule has 0 unspecified atom stereocenters. The van der Waals surface area contributed by atoms with Crippen molar-refractivity contribution in [2.45, 2.75) is 0 Å². The first kappa shape index (κ1) is 18.2. The first-order valence-electron chi connectivity index (χ1n) is 7.66. The summed E-state index contributed by atoms with van der Waals surface area (Å²) in [4.78, 5) is 48.2. The average Bonchev–Trinajstić information content (AvgIpc) is 3.21. The lowest BCUT2D eigenvalue weighted by molar-refractivity contribution is -0.149. The van der Waals surface area contributed by atoms with Crippen LogP contribution >= 0.6 is 22.9 Å². The van der Waals surface area contributed by atoms with Gasteiger partial charge in [-0.2, -0.15) is 0 Å². The summed E-state index contributed by atoms with van der Waals surface area (Å²) in [6.45, 7) is -0.379. The molecule has 3 rings (SSSR count). The van der Waals surface area contributed by atoms with E-state index in [2.05, 4.69) is 10.6 Å². The zero-order valence-corrected chi connectivity index (χ0v) is 15.0. The van der Waals surface area contributed by atoms with Crippen LogP contribution in [0.15, 0.2) is 24.3 Å². The summed E-state index contributed by atoms with van der Waals surface area (Å²) in [7, 11) is 0. The van der Waals surface area contributed by atoms with E-state index in [4.69, 9.17) is 16.3 Å². The highest BCUT2D eigenvalue weighted by molar-refractivity contribution is 7.21. The van der Waals surface area contributed by atoms with Crippen LogP contribution in [0, 0.1) is 0 Å². The second-order valence-electron chi connectivity index (χ2n) is 5.36. The molecule has 1 aliphatic heterocycles. The Kier molecular flexibility index (Phi) is 5.38. The van der Waals surface area contributed by atoms with Crippen molar-refractivity contribution in [1.82, 2.24) is 15.5 Å². The van der Waals surface area contributed by atoms with Gasteiger partial charge in [-0.1, -0.05) is 29.8 Å². The number of nitrogens with zero attached hydrogens (tertiary/aromatic N) is 1. The van der Waals surface area contributed by atoms with E-state index >= 15 is 0 Å². The number of fused-ring (bicyclic) bond motifs is 1. The Hall–Kier alpha value is -2.65. The van der Waals surface area contributed by atoms with Gasteiger partial charge in [0.2, 0.25) is 0 Å². The van der Waals surface area contributed by atoms with Crippen molar-refractivity contribution in [3.63, 3.8) is 0 Å². The summed E-state index contributed by atoms with van der Waals surface area (Å²) in [5, 5.41) is 5.97. The monoisotopic (exact) mass is 395 g/mol. The number of carbonyl (C=O) groups is 4. The maximum atomic E-state index is 12.2. The van der Waals surface area contributed by atoms with Crippen LogP contribution in [0.3, 0.4) is 0 Å². The van der Waals surface area contributed by atoms with Crippen molar-refractivity contribution in [1.29, 1.82) is 0 Å². The maximum absolute atomic E-state index is 12.2. The molecule has 0 saturated carbocycles. The minimum atomic E-state index is -0.788. The molecule has 8 nitrogen and oxygen atoms in total. The molecule has 1 fully saturated rings. The summed E-state index contributed by atoms with van der Waals surface area (Å²) >= 11 is 7.42. The van der Waals surface area contributed by atoms with Gasteiger partial charge >= 0.3 is 12.0 Å². The summed E-state index contributed by atoms with van der Waals surface area (Å²) in [6, 6.07) is 6.79. The van der Waals surface area contributed by atoms with Gasteiger partial charge in [-0.05, 0) is 6.07 Å². The molecule has 1 aromatic heterocycles. The van der Waals surface area contributed by atoms with Gasteiger partial charge in [0, 0.05) is 23.2 Å². The van der Waals surface area contributed by atoms with Crippen LogP contribution in [0.1, 0.15) is 9.67 Å². The van der Waals surface area contributed by atoms with Crippen molar-refractivity contribution in [3.8, 4) is 0 Å². The molecule has 2 aromatic rings. The third kappa shape index (κ3) is 3.78. The number of nitrogens with one attached hydrogen (secondary N) is 2. The maximum Gasteiger partial charge on any atom is 0.325 e. The van der Waals surface area contributed by atoms with Crippen LogP contribution < -0.4 is 10.6 Å². The molecule has 1 aromatic carbocycles. The number of hydrogen-bond donors (Lipinski definition) is 2. The van der Waals surface area contributed by atoms with Crippen LogP contribution in [-0.2, 0) is 14.3 Å². The van der Waals surface area contributed by atoms with Gasteiger partial charge in [0.05, 0.1) is 5.02 Å². The van der Waals surface area contributed by atoms with Crippen molar-refractivity contribution in [2.75, 3.05) is 26.2 Å². The van der Waals surface area contributed by atoms with Gasteiger partial charge in [0.15, 0.2) is 6.61 Å². The molecule has 0 spiro atoms. The normalized spacial score (nSPS) is 13.6. The van der Waals surface area contributed by atoms with Crippen molar-refractivity contribution in [2.24, 2.45) is 0 Å². The van der Waals surface area contributed by atoms with E-state index in [1.807, 2.05) is 18.2 Å². The fraction of sp³-hybridized carbons (Fsp3) is 0.250. The average molecular weight is 396 g/mol. The molecule has 10 heteroatoms. The highest BCUT2D eigenvalue weighted by Crippen LogP contribution is 2.34. The molecule has 2 heterocycles. The first-order chi connectivity index (χ1) is 12.5. The molecular weight excluding hydrogens is 382 g/mol. The summed E-state index contributed by atoms with van der Waals surface area (Å²) in [5.41, 5.74) is 0. The van der Waals surface area contributed by atoms with Gasteiger partial charge in [-0.3, -0.25) is 19.3 Å². The van der Waals surface area contributed by atoms with Crippen molar-refractivity contribution < 1.29 is 23.9 Å². The molecule has 0 bridgehead atoms. The zero-order valence-electron chi connectivity index (χ0n) is 13.4. The molecule has 4 amide bonds. The summed E-state index contributed by atoms with van der Waals surface area (Å²) in [5.74, 6) is -1.91. The van der Waals surface area contributed by atoms with Gasteiger partial charge < -0.3 is 15.4 Å². The Morgan fingerprint density at radius 3 is 2.77 bits per heavy atom. The standard InChI is InChI=1S/C16H14ClN3O5S/c17-13-9-3-1-2-4-10(9)26-14(13)15(23)19-7-12(22)25-8-11(21)20-6-5-18-16(20)24/h1-4H,5-8H2,(H,18,24)(H,19,23). The Morgan fingerprint density at radius 1 is 1.31 bits per heavy atom. The quantitative estimate of drug-likeness (QED) is 0.744. The van der Waals surface area contributed by atoms with Crippen LogP contribution in [0.5, 0.6) is 0 Å². The second kappa shape index (κ2) is 7.71. The molecule has 0 aliphatic carbocycles. The Labute approximate surface area is 157 Å². The van der Waals surface area contributed by atoms with Gasteiger partial charge in [0.25, 0.3) is 11.8 Å². The largest absolute Gasteiger partial charge is 0.454 e. The number of amides is 4. The zero-order chi connectivity index (χ0) is 18.7. The topological polar surface area (TPSA) is 105 Å². The number of carbonyl (C=O) groups excluding carboxylic acids is 4. The molecule has 136 valence electrons. The molecule has 1 aliphatic rings. The molecule has 0 atom stereocenters. The van der Waals surface area contributed by atoms with Gasteiger partial charge in [0.1, 0.15) is 11.4 Å². The van der Waals surface area contributed by atoms with Crippen LogP contribution in [-0.4, -0.2) is 55.0 Å². The number of imide groups is 1. The van der Waals surface area contributed by atoms with Crippen LogP contribution in [0.4, 0.5) is 4.79 Å². The van der Waals surface area contributed by atoms with E-state index in [1.165, 1.54) is 11.3 Å². The van der Waals surface area contributed by atoms with E-state index in [1.54, 1.807) is 6.07 Å². The van der Waals surface area contributed by atoms with E-state index in [0.717, 1.165) is 15.0 Å². The third-order valence-corrected chi connectivity index (χ3v) is 5.32. The van der Waals surface area contributed by atoms with Crippen molar-refractivity contribution in [3.05, 3.63) is 34.2 Å². The molecule has 0 radical (unpaired) electrons. The SMILES string of the molecule is O=C(CNC(=O)c1sc2ccccc2c1Cl)OCC(=O)N1CCNC1=O. The van der Waals surface area contributed by atoms with E-state index < -0.39 is 37.0 Å². The summed E-state index contributed by atoms with van der Waals surface area (Å²) in [6.07, 6.45) is 0. The number of ether oxygens (including phenoxy) is 1. The Balaban J connectivity index is 1.50. The van der Waals surface area contributed by atoms with Crippen LogP contribution in [0.2, 0.25) is 5.02 Å². The molecule has 2 N–H and O–H groups in total. The fourth-order valence-electron chi connectivity index (χ4n) is 2.37. The van der Waals surface area contributed by atoms with Crippen molar-refractivity contribution >= 4 is 56.8 Å². The van der Waals surface area contributed by atoms with E-state index in [-0.39, 0.29) is 6.54 Å². The Bertz CT molecular complexity index is 897.